The molecule has 0 aliphatic heterocycles. The van der Waals surface area contributed by atoms with Crippen LogP contribution in [0.2, 0.25) is 0 Å². The van der Waals surface area contributed by atoms with E-state index in [9.17, 15) is 4.79 Å². The molecule has 158 valence electrons. The van der Waals surface area contributed by atoms with Crippen LogP contribution in [-0.4, -0.2) is 27.2 Å². The zero-order valence-corrected chi connectivity index (χ0v) is 18.1. The quantitative estimate of drug-likeness (QED) is 0.432. The fraction of sp³-hybridized carbons (Fsp3) is 0.208. The van der Waals surface area contributed by atoms with E-state index in [0.717, 1.165) is 28.6 Å². The highest BCUT2D eigenvalue weighted by atomic mass is 32.1. The SMILES string of the molecule is Cc1ccc(OCc2nc(CC(=O)NCCc3ccc(-n4cccn4)cc3)cs2)cc1. The number of aryl methyl sites for hydroxylation is 1. The summed E-state index contributed by atoms with van der Waals surface area (Å²) in [7, 11) is 0. The van der Waals surface area contributed by atoms with Crippen molar-refractivity contribution in [2.75, 3.05) is 6.54 Å². The summed E-state index contributed by atoms with van der Waals surface area (Å²) >= 11 is 1.51. The van der Waals surface area contributed by atoms with E-state index in [1.165, 1.54) is 22.5 Å². The summed E-state index contributed by atoms with van der Waals surface area (Å²) in [5.41, 5.74) is 4.15. The minimum Gasteiger partial charge on any atom is -0.486 e. The number of ether oxygens (including phenoxy) is 1. The molecule has 4 rings (SSSR count). The minimum atomic E-state index is -0.0236. The van der Waals surface area contributed by atoms with Crippen LogP contribution in [0.15, 0.2) is 72.4 Å². The normalized spacial score (nSPS) is 10.7. The third-order valence-electron chi connectivity index (χ3n) is 4.77. The van der Waals surface area contributed by atoms with Crippen molar-refractivity contribution in [1.82, 2.24) is 20.1 Å². The van der Waals surface area contributed by atoms with Crippen LogP contribution in [0.5, 0.6) is 5.75 Å². The van der Waals surface area contributed by atoms with Crippen LogP contribution in [0.3, 0.4) is 0 Å². The van der Waals surface area contributed by atoms with E-state index >= 15 is 0 Å². The summed E-state index contributed by atoms with van der Waals surface area (Å²) < 4.78 is 7.57. The highest BCUT2D eigenvalue weighted by Crippen LogP contribution is 2.16. The maximum Gasteiger partial charge on any atom is 0.226 e. The molecule has 0 aliphatic carbocycles. The first kappa shape index (κ1) is 20.8. The van der Waals surface area contributed by atoms with Gasteiger partial charge in [-0.2, -0.15) is 5.10 Å². The molecule has 0 unspecified atom stereocenters. The Balaban J connectivity index is 1.19. The van der Waals surface area contributed by atoms with Gasteiger partial charge in [0.15, 0.2) is 0 Å². The maximum absolute atomic E-state index is 12.2. The summed E-state index contributed by atoms with van der Waals surface area (Å²) in [6.07, 6.45) is 4.72. The standard InChI is InChI=1S/C24H24N4O2S/c1-18-3-9-22(10-4-18)30-16-24-27-20(17-31-24)15-23(29)25-13-11-19-5-7-21(8-6-19)28-14-2-12-26-28/h2-10,12,14,17H,11,13,15-16H2,1H3,(H,25,29). The second-order valence-corrected chi connectivity index (χ2v) is 8.17. The third-order valence-corrected chi connectivity index (χ3v) is 5.64. The number of carbonyl (C=O) groups is 1. The fourth-order valence-corrected chi connectivity index (χ4v) is 3.79. The van der Waals surface area contributed by atoms with Gasteiger partial charge in [0.1, 0.15) is 17.4 Å². The lowest BCUT2D eigenvalue weighted by Gasteiger charge is -2.06. The van der Waals surface area contributed by atoms with Crippen molar-refractivity contribution >= 4 is 17.2 Å². The van der Waals surface area contributed by atoms with Gasteiger partial charge in [0, 0.05) is 24.3 Å². The van der Waals surface area contributed by atoms with Gasteiger partial charge in [0.2, 0.25) is 5.91 Å². The Morgan fingerprint density at radius 1 is 1.13 bits per heavy atom. The molecule has 31 heavy (non-hydrogen) atoms. The monoisotopic (exact) mass is 432 g/mol. The third kappa shape index (κ3) is 6.02. The fourth-order valence-electron chi connectivity index (χ4n) is 3.09. The molecule has 0 saturated heterocycles. The second-order valence-electron chi connectivity index (χ2n) is 7.23. The molecule has 0 fully saturated rings. The number of carbonyl (C=O) groups excluding carboxylic acids is 1. The molecule has 0 spiro atoms. The number of amides is 1. The van der Waals surface area contributed by atoms with Crippen LogP contribution >= 0.6 is 11.3 Å². The number of benzene rings is 2. The predicted octanol–water partition coefficient (Wildman–Crippen LogP) is 4.12. The van der Waals surface area contributed by atoms with E-state index in [1.54, 1.807) is 6.20 Å². The van der Waals surface area contributed by atoms with E-state index in [2.05, 4.69) is 27.5 Å². The number of aromatic nitrogens is 3. The largest absolute Gasteiger partial charge is 0.486 e. The number of hydrogen-bond donors (Lipinski definition) is 1. The molecule has 7 heteroatoms. The van der Waals surface area contributed by atoms with E-state index in [-0.39, 0.29) is 12.3 Å². The Kier molecular flexibility index (Phi) is 6.74. The lowest BCUT2D eigenvalue weighted by Crippen LogP contribution is -2.27. The van der Waals surface area contributed by atoms with Crippen molar-refractivity contribution in [1.29, 1.82) is 0 Å². The molecular weight excluding hydrogens is 408 g/mol. The van der Waals surface area contributed by atoms with Crippen LogP contribution < -0.4 is 10.1 Å². The average molecular weight is 433 g/mol. The molecule has 0 atom stereocenters. The summed E-state index contributed by atoms with van der Waals surface area (Å²) in [5.74, 6) is 0.794. The molecule has 2 aromatic carbocycles. The molecule has 1 N–H and O–H groups in total. The van der Waals surface area contributed by atoms with Crippen LogP contribution in [0.25, 0.3) is 5.69 Å². The molecule has 4 aromatic rings. The Labute approximate surface area is 185 Å². The van der Waals surface area contributed by atoms with Gasteiger partial charge in [0.05, 0.1) is 17.8 Å². The van der Waals surface area contributed by atoms with Crippen molar-refractivity contribution in [3.8, 4) is 11.4 Å². The van der Waals surface area contributed by atoms with E-state index < -0.39 is 0 Å². The zero-order valence-electron chi connectivity index (χ0n) is 17.3. The van der Waals surface area contributed by atoms with E-state index in [1.807, 2.05) is 65.6 Å². The molecule has 0 aliphatic rings. The van der Waals surface area contributed by atoms with Gasteiger partial charge in [0.25, 0.3) is 0 Å². The summed E-state index contributed by atoms with van der Waals surface area (Å²) in [6.45, 7) is 3.04. The Morgan fingerprint density at radius 2 is 1.94 bits per heavy atom. The smallest absolute Gasteiger partial charge is 0.226 e. The second kappa shape index (κ2) is 10.0. The van der Waals surface area contributed by atoms with Gasteiger partial charge in [-0.3, -0.25) is 4.79 Å². The molecule has 1 amide bonds. The summed E-state index contributed by atoms with van der Waals surface area (Å²) in [5, 5.41) is 9.97. The molecule has 0 bridgehead atoms. The first-order valence-corrected chi connectivity index (χ1v) is 11.0. The number of nitrogens with zero attached hydrogens (tertiary/aromatic N) is 3. The molecule has 0 radical (unpaired) electrons. The van der Waals surface area contributed by atoms with E-state index in [4.69, 9.17) is 4.74 Å². The highest BCUT2D eigenvalue weighted by molar-refractivity contribution is 7.09. The van der Waals surface area contributed by atoms with Crippen LogP contribution in [-0.2, 0) is 24.2 Å². The maximum atomic E-state index is 12.2. The van der Waals surface area contributed by atoms with Crippen molar-refractivity contribution in [2.45, 2.75) is 26.4 Å². The predicted molar refractivity (Wildman–Crippen MR) is 122 cm³/mol. The first-order valence-electron chi connectivity index (χ1n) is 10.1. The lowest BCUT2D eigenvalue weighted by molar-refractivity contribution is -0.120. The molecule has 2 aromatic heterocycles. The Morgan fingerprint density at radius 3 is 2.68 bits per heavy atom. The van der Waals surface area contributed by atoms with Crippen molar-refractivity contribution in [3.63, 3.8) is 0 Å². The molecule has 2 heterocycles. The van der Waals surface area contributed by atoms with Crippen LogP contribution in [0.4, 0.5) is 0 Å². The van der Waals surface area contributed by atoms with E-state index in [0.29, 0.717) is 13.2 Å². The van der Waals surface area contributed by atoms with Crippen LogP contribution in [0.1, 0.15) is 21.8 Å². The first-order chi connectivity index (χ1) is 15.2. The van der Waals surface area contributed by atoms with Gasteiger partial charge in [-0.05, 0) is 49.2 Å². The lowest BCUT2D eigenvalue weighted by atomic mass is 10.1. The minimum absolute atomic E-state index is 0.0236. The highest BCUT2D eigenvalue weighted by Gasteiger charge is 2.08. The molecule has 0 saturated carbocycles. The number of thiazole rings is 1. The van der Waals surface area contributed by atoms with Crippen molar-refractivity contribution < 1.29 is 9.53 Å². The molecule has 6 nitrogen and oxygen atoms in total. The molecular formula is C24H24N4O2S. The van der Waals surface area contributed by atoms with Crippen molar-refractivity contribution in [3.05, 3.63) is 94.2 Å². The summed E-state index contributed by atoms with van der Waals surface area (Å²) in [4.78, 5) is 16.8. The van der Waals surface area contributed by atoms with Gasteiger partial charge in [-0.1, -0.05) is 29.8 Å². The topological polar surface area (TPSA) is 69.0 Å². The number of hydrogen-bond acceptors (Lipinski definition) is 5. The number of rotatable bonds is 9. The van der Waals surface area contributed by atoms with Gasteiger partial charge >= 0.3 is 0 Å². The Bertz CT molecular complexity index is 1100. The van der Waals surface area contributed by atoms with Gasteiger partial charge in [-0.25, -0.2) is 9.67 Å². The van der Waals surface area contributed by atoms with Gasteiger partial charge in [-0.15, -0.1) is 11.3 Å². The van der Waals surface area contributed by atoms with Crippen LogP contribution in [0, 0.1) is 6.92 Å². The zero-order chi connectivity index (χ0) is 21.5. The number of nitrogens with one attached hydrogen (secondary N) is 1. The average Bonchev–Trinajstić information content (AvgIpc) is 3.46. The van der Waals surface area contributed by atoms with Gasteiger partial charge < -0.3 is 10.1 Å². The summed E-state index contributed by atoms with van der Waals surface area (Å²) in [6, 6.07) is 18.0. The Hall–Kier alpha value is -3.45. The van der Waals surface area contributed by atoms with Crippen molar-refractivity contribution in [2.24, 2.45) is 0 Å².